The number of rotatable bonds is 1. The first kappa shape index (κ1) is 9.73. The van der Waals surface area contributed by atoms with Gasteiger partial charge >= 0.3 is 6.09 Å². The monoisotopic (exact) mass is 201 g/mol. The number of alkyl carbamates (subject to hydrolysis) is 1. The van der Waals surface area contributed by atoms with Crippen molar-refractivity contribution in [3.63, 3.8) is 0 Å². The second-order valence-electron chi connectivity index (χ2n) is 3.90. The minimum Gasteiger partial charge on any atom is -0.453 e. The minimum atomic E-state index is -0.430. The van der Waals surface area contributed by atoms with Gasteiger partial charge in [0.15, 0.2) is 0 Å². The number of methoxy groups -OCH3 is 1. The summed E-state index contributed by atoms with van der Waals surface area (Å²) in [6.07, 6.45) is 0.781. The molecular weight excluding hydrogens is 186 g/mol. The van der Waals surface area contributed by atoms with Crippen LogP contribution in [0.2, 0.25) is 0 Å². The molecule has 0 aromatic heterocycles. The van der Waals surface area contributed by atoms with Crippen molar-refractivity contribution in [2.75, 3.05) is 13.7 Å². The van der Waals surface area contributed by atoms with Crippen molar-refractivity contribution in [2.24, 2.45) is 5.92 Å². The largest absolute Gasteiger partial charge is 0.453 e. The zero-order chi connectivity index (χ0) is 10.1. The van der Waals surface area contributed by atoms with Crippen LogP contribution in [-0.4, -0.2) is 43.2 Å². The summed E-state index contributed by atoms with van der Waals surface area (Å²) >= 11 is 0. The minimum absolute atomic E-state index is 0.00963. The van der Waals surface area contributed by atoms with Crippen molar-refractivity contribution in [2.45, 2.75) is 31.1 Å². The van der Waals surface area contributed by atoms with Crippen molar-refractivity contribution >= 4 is 6.09 Å². The lowest BCUT2D eigenvalue weighted by Crippen LogP contribution is -2.40. The van der Waals surface area contributed by atoms with Crippen LogP contribution in [0.25, 0.3) is 0 Å². The summed E-state index contributed by atoms with van der Waals surface area (Å²) in [7, 11) is 1.34. The van der Waals surface area contributed by atoms with Gasteiger partial charge in [-0.05, 0) is 12.8 Å². The summed E-state index contributed by atoms with van der Waals surface area (Å²) in [5.41, 5.74) is 0. The van der Waals surface area contributed by atoms with Crippen LogP contribution in [0.15, 0.2) is 0 Å². The molecular formula is C9H15NO4. The first-order chi connectivity index (χ1) is 6.70. The molecule has 14 heavy (non-hydrogen) atoms. The Kier molecular flexibility index (Phi) is 2.60. The van der Waals surface area contributed by atoms with Gasteiger partial charge < -0.3 is 19.9 Å². The van der Waals surface area contributed by atoms with Gasteiger partial charge in [0.05, 0.1) is 32.0 Å². The second-order valence-corrected chi connectivity index (χ2v) is 3.90. The topological polar surface area (TPSA) is 67.8 Å². The maximum Gasteiger partial charge on any atom is 0.407 e. The third-order valence-electron chi connectivity index (χ3n) is 3.02. The Balaban J connectivity index is 1.92. The van der Waals surface area contributed by atoms with Crippen LogP contribution >= 0.6 is 0 Å². The fraction of sp³-hybridized carbons (Fsp3) is 0.889. The first-order valence-electron chi connectivity index (χ1n) is 4.85. The van der Waals surface area contributed by atoms with Crippen LogP contribution in [-0.2, 0) is 9.47 Å². The maximum atomic E-state index is 11.0. The molecule has 2 fully saturated rings. The smallest absolute Gasteiger partial charge is 0.407 e. The third kappa shape index (κ3) is 1.69. The molecule has 5 heteroatoms. The predicted octanol–water partition coefficient (Wildman–Crippen LogP) is -0.119. The van der Waals surface area contributed by atoms with E-state index in [4.69, 9.17) is 4.74 Å². The van der Waals surface area contributed by atoms with Crippen LogP contribution in [0.3, 0.4) is 0 Å². The van der Waals surface area contributed by atoms with Gasteiger partial charge in [-0.3, -0.25) is 0 Å². The number of amides is 1. The van der Waals surface area contributed by atoms with Gasteiger partial charge in [0.2, 0.25) is 0 Å². The summed E-state index contributed by atoms with van der Waals surface area (Å²) in [6, 6.07) is -0.00963. The number of carbonyl (C=O) groups excluding carboxylic acids is 1. The molecule has 1 aliphatic heterocycles. The lowest BCUT2D eigenvalue weighted by atomic mass is 10.00. The Morgan fingerprint density at radius 3 is 3.07 bits per heavy atom. The van der Waals surface area contributed by atoms with Crippen molar-refractivity contribution in [1.82, 2.24) is 5.32 Å². The van der Waals surface area contributed by atoms with Crippen molar-refractivity contribution < 1.29 is 19.4 Å². The molecule has 1 saturated heterocycles. The first-order valence-corrected chi connectivity index (χ1v) is 4.85. The molecule has 0 aromatic carbocycles. The third-order valence-corrected chi connectivity index (χ3v) is 3.02. The Morgan fingerprint density at radius 2 is 2.36 bits per heavy atom. The van der Waals surface area contributed by atoms with Gasteiger partial charge in [-0.1, -0.05) is 0 Å². The summed E-state index contributed by atoms with van der Waals surface area (Å²) in [4.78, 5) is 11.0. The highest BCUT2D eigenvalue weighted by Gasteiger charge is 2.44. The van der Waals surface area contributed by atoms with E-state index in [2.05, 4.69) is 10.1 Å². The molecule has 1 saturated carbocycles. The summed E-state index contributed by atoms with van der Waals surface area (Å²) in [6.45, 7) is 0.525. The number of aliphatic hydroxyl groups excluding tert-OH is 1. The number of hydrogen-bond donors (Lipinski definition) is 2. The van der Waals surface area contributed by atoms with Gasteiger partial charge in [0.1, 0.15) is 0 Å². The lowest BCUT2D eigenvalue weighted by molar-refractivity contribution is 0.0794. The normalized spacial score (nSPS) is 40.7. The molecule has 5 nitrogen and oxygen atoms in total. The molecule has 4 atom stereocenters. The van der Waals surface area contributed by atoms with Gasteiger partial charge in [0, 0.05) is 5.92 Å². The summed E-state index contributed by atoms with van der Waals surface area (Å²) < 4.78 is 9.99. The number of nitrogens with one attached hydrogen (secondary N) is 1. The average Bonchev–Trinajstić information content (AvgIpc) is 2.67. The highest BCUT2D eigenvalue weighted by atomic mass is 16.5. The standard InChI is InChI=1S/C9H15NO4/c1-13-9(12)10-7-4-14-8-3-5(11)2-6(7)8/h5-8,11H,2-4H2,1H3,(H,10,12)/t5-,6-,7-,8-/m1/s1. The molecule has 0 aromatic rings. The van der Waals surface area contributed by atoms with Gasteiger partial charge in [-0.25, -0.2) is 4.79 Å². The number of fused-ring (bicyclic) bond motifs is 1. The second kappa shape index (κ2) is 3.74. The zero-order valence-corrected chi connectivity index (χ0v) is 8.10. The van der Waals surface area contributed by atoms with Crippen molar-refractivity contribution in [3.8, 4) is 0 Å². The van der Waals surface area contributed by atoms with Crippen LogP contribution in [0.4, 0.5) is 4.79 Å². The molecule has 0 radical (unpaired) electrons. The predicted molar refractivity (Wildman–Crippen MR) is 47.8 cm³/mol. The Labute approximate surface area is 82.4 Å². The Hall–Kier alpha value is -0.810. The fourth-order valence-electron chi connectivity index (χ4n) is 2.33. The fourth-order valence-corrected chi connectivity index (χ4v) is 2.33. The van der Waals surface area contributed by atoms with E-state index in [-0.39, 0.29) is 24.2 Å². The number of hydrogen-bond acceptors (Lipinski definition) is 4. The maximum absolute atomic E-state index is 11.0. The van der Waals surface area contributed by atoms with E-state index in [0.29, 0.717) is 19.4 Å². The number of ether oxygens (including phenoxy) is 2. The van der Waals surface area contributed by atoms with E-state index in [1.165, 1.54) is 7.11 Å². The molecule has 2 rings (SSSR count). The average molecular weight is 201 g/mol. The Morgan fingerprint density at radius 1 is 1.57 bits per heavy atom. The van der Waals surface area contributed by atoms with Gasteiger partial charge in [0.25, 0.3) is 0 Å². The van der Waals surface area contributed by atoms with E-state index in [1.54, 1.807) is 0 Å². The quantitative estimate of drug-likeness (QED) is 0.620. The zero-order valence-electron chi connectivity index (χ0n) is 8.10. The number of aliphatic hydroxyl groups is 1. The van der Waals surface area contributed by atoms with Crippen LogP contribution in [0.5, 0.6) is 0 Å². The molecule has 0 unspecified atom stereocenters. The van der Waals surface area contributed by atoms with E-state index in [0.717, 1.165) is 0 Å². The van der Waals surface area contributed by atoms with E-state index < -0.39 is 6.09 Å². The van der Waals surface area contributed by atoms with Crippen LogP contribution in [0.1, 0.15) is 12.8 Å². The van der Waals surface area contributed by atoms with Crippen LogP contribution in [0, 0.1) is 5.92 Å². The highest BCUT2D eigenvalue weighted by molar-refractivity contribution is 5.67. The Bertz CT molecular complexity index is 233. The molecule has 1 aliphatic carbocycles. The van der Waals surface area contributed by atoms with Crippen molar-refractivity contribution in [3.05, 3.63) is 0 Å². The summed E-state index contributed by atoms with van der Waals surface area (Å²) in [5, 5.41) is 12.1. The van der Waals surface area contributed by atoms with Crippen LogP contribution < -0.4 is 5.32 Å². The van der Waals surface area contributed by atoms with E-state index in [9.17, 15) is 9.90 Å². The molecule has 2 N–H and O–H groups in total. The van der Waals surface area contributed by atoms with Gasteiger partial charge in [-0.2, -0.15) is 0 Å². The SMILES string of the molecule is COC(=O)N[C@@H]1CO[C@@H]2C[C@H](O)C[C@H]12. The highest BCUT2D eigenvalue weighted by Crippen LogP contribution is 2.36. The molecule has 0 bridgehead atoms. The molecule has 1 amide bonds. The van der Waals surface area contributed by atoms with Gasteiger partial charge in [-0.15, -0.1) is 0 Å². The van der Waals surface area contributed by atoms with E-state index in [1.807, 2.05) is 0 Å². The van der Waals surface area contributed by atoms with E-state index >= 15 is 0 Å². The number of carbonyl (C=O) groups is 1. The molecule has 1 heterocycles. The molecule has 0 spiro atoms. The lowest BCUT2D eigenvalue weighted by Gasteiger charge is -2.16. The van der Waals surface area contributed by atoms with Crippen molar-refractivity contribution in [1.29, 1.82) is 0 Å². The summed E-state index contributed by atoms with van der Waals surface area (Å²) in [5.74, 6) is 0.240. The molecule has 80 valence electrons. The molecule has 2 aliphatic rings.